The van der Waals surface area contributed by atoms with E-state index in [2.05, 4.69) is 25.4 Å². The minimum absolute atomic E-state index is 0.146. The third-order valence-electron chi connectivity index (χ3n) is 4.73. The molecule has 0 saturated carbocycles. The maximum Gasteiger partial charge on any atom is 0.322 e. The maximum absolute atomic E-state index is 11.3. The number of hydrogen-bond acceptors (Lipinski definition) is 3. The van der Waals surface area contributed by atoms with Crippen LogP contribution in [0.5, 0.6) is 0 Å². The van der Waals surface area contributed by atoms with Crippen LogP contribution in [0.3, 0.4) is 0 Å². The first kappa shape index (κ1) is 29.5. The number of amides is 1. The third-order valence-corrected chi connectivity index (χ3v) is 5.31. The second-order valence-electron chi connectivity index (χ2n) is 7.45. The Morgan fingerprint density at radius 3 is 1.39 bits per heavy atom. The van der Waals surface area contributed by atoms with Gasteiger partial charge in [-0.15, -0.1) is 0 Å². The van der Waals surface area contributed by atoms with Gasteiger partial charge in [0.15, 0.2) is 0 Å². The molecule has 0 aromatic heterocycles. The zero-order valence-electron chi connectivity index (χ0n) is 18.9. The minimum atomic E-state index is -0.986. The SMILES string of the molecule is CCCCCCCCCCCCCCCCCC(=O)NCC(=O)O.CCSC. The van der Waals surface area contributed by atoms with Crippen LogP contribution in [0.15, 0.2) is 0 Å². The molecule has 0 saturated heterocycles. The zero-order valence-corrected chi connectivity index (χ0v) is 19.7. The molecule has 0 fully saturated rings. The molecule has 2 N–H and O–H groups in total. The van der Waals surface area contributed by atoms with Crippen LogP contribution in [-0.2, 0) is 9.59 Å². The van der Waals surface area contributed by atoms with E-state index in [1.54, 1.807) is 0 Å². The number of carboxylic acids is 1. The molecule has 0 atom stereocenters. The molecule has 0 aromatic carbocycles. The molecule has 0 aliphatic heterocycles. The van der Waals surface area contributed by atoms with Gasteiger partial charge in [0.25, 0.3) is 0 Å². The predicted molar refractivity (Wildman–Crippen MR) is 124 cm³/mol. The van der Waals surface area contributed by atoms with E-state index in [0.29, 0.717) is 6.42 Å². The summed E-state index contributed by atoms with van der Waals surface area (Å²) < 4.78 is 0. The lowest BCUT2D eigenvalue weighted by Crippen LogP contribution is -2.28. The molecular formula is C23H47NO3S. The molecule has 168 valence electrons. The maximum atomic E-state index is 11.3. The summed E-state index contributed by atoms with van der Waals surface area (Å²) in [6.45, 7) is 4.14. The van der Waals surface area contributed by atoms with Gasteiger partial charge in [-0.1, -0.05) is 104 Å². The van der Waals surface area contributed by atoms with E-state index < -0.39 is 5.97 Å². The van der Waals surface area contributed by atoms with E-state index in [4.69, 9.17) is 5.11 Å². The normalized spacial score (nSPS) is 10.2. The molecule has 1 amide bonds. The van der Waals surface area contributed by atoms with E-state index in [0.717, 1.165) is 12.8 Å². The van der Waals surface area contributed by atoms with Gasteiger partial charge < -0.3 is 10.4 Å². The fraction of sp³-hybridized carbons (Fsp3) is 0.913. The van der Waals surface area contributed by atoms with Crippen molar-refractivity contribution in [3.05, 3.63) is 0 Å². The number of nitrogens with one attached hydrogen (secondary N) is 1. The summed E-state index contributed by atoms with van der Waals surface area (Å²) in [5.74, 6) is 0.104. The Kier molecular flexibility index (Phi) is 27.7. The molecule has 0 heterocycles. The molecule has 0 radical (unpaired) electrons. The van der Waals surface area contributed by atoms with Crippen molar-refractivity contribution in [1.29, 1.82) is 0 Å². The smallest absolute Gasteiger partial charge is 0.322 e. The number of thioether (sulfide) groups is 1. The van der Waals surface area contributed by atoms with Crippen molar-refractivity contribution in [2.24, 2.45) is 0 Å². The highest BCUT2D eigenvalue weighted by atomic mass is 32.2. The van der Waals surface area contributed by atoms with Crippen LogP contribution in [0.2, 0.25) is 0 Å². The number of carbonyl (C=O) groups is 2. The molecule has 0 bridgehead atoms. The number of carboxylic acid groups (broad SMARTS) is 1. The molecule has 0 rings (SSSR count). The summed E-state index contributed by atoms with van der Waals surface area (Å²) in [6.07, 6.45) is 22.1. The van der Waals surface area contributed by atoms with Crippen LogP contribution in [0.1, 0.15) is 117 Å². The topological polar surface area (TPSA) is 66.4 Å². The van der Waals surface area contributed by atoms with Gasteiger partial charge in [0, 0.05) is 6.42 Å². The van der Waals surface area contributed by atoms with E-state index >= 15 is 0 Å². The van der Waals surface area contributed by atoms with Crippen molar-refractivity contribution in [3.63, 3.8) is 0 Å². The Morgan fingerprint density at radius 1 is 0.714 bits per heavy atom. The lowest BCUT2D eigenvalue weighted by atomic mass is 10.0. The van der Waals surface area contributed by atoms with Gasteiger partial charge in [0.1, 0.15) is 6.54 Å². The Labute approximate surface area is 179 Å². The summed E-state index contributed by atoms with van der Waals surface area (Å²) in [5, 5.41) is 10.8. The standard InChI is InChI=1S/C20H39NO3.C3H8S/c1-2-3-4-5-6-7-8-9-10-11-12-13-14-15-16-17-19(22)21-18-20(23)24;1-3-4-2/h2-18H2,1H3,(H,21,22)(H,23,24);3H2,1-2H3. The second-order valence-corrected chi connectivity index (χ2v) is 8.60. The molecule has 0 aromatic rings. The number of rotatable bonds is 19. The van der Waals surface area contributed by atoms with E-state index in [9.17, 15) is 9.59 Å². The number of aliphatic carboxylic acids is 1. The van der Waals surface area contributed by atoms with Gasteiger partial charge in [0.2, 0.25) is 5.91 Å². The van der Waals surface area contributed by atoms with Crippen LogP contribution in [0.4, 0.5) is 0 Å². The Morgan fingerprint density at radius 2 is 1.07 bits per heavy atom. The first-order valence-electron chi connectivity index (χ1n) is 11.6. The van der Waals surface area contributed by atoms with Gasteiger partial charge in [-0.05, 0) is 18.4 Å². The molecule has 0 unspecified atom stereocenters. The first-order chi connectivity index (χ1) is 13.6. The van der Waals surface area contributed by atoms with Crippen LogP contribution < -0.4 is 5.32 Å². The van der Waals surface area contributed by atoms with Gasteiger partial charge in [0.05, 0.1) is 0 Å². The van der Waals surface area contributed by atoms with Gasteiger partial charge >= 0.3 is 5.97 Å². The van der Waals surface area contributed by atoms with Gasteiger partial charge in [-0.25, -0.2) is 0 Å². The fourth-order valence-electron chi connectivity index (χ4n) is 2.92. The zero-order chi connectivity index (χ0) is 21.3. The Hall–Kier alpha value is -0.710. The second kappa shape index (κ2) is 26.3. The molecule has 0 aliphatic rings. The fourth-order valence-corrected chi connectivity index (χ4v) is 2.92. The third kappa shape index (κ3) is 30.0. The summed E-state index contributed by atoms with van der Waals surface area (Å²) in [6, 6.07) is 0. The molecule has 28 heavy (non-hydrogen) atoms. The van der Waals surface area contributed by atoms with E-state index in [1.807, 2.05) is 11.8 Å². The van der Waals surface area contributed by atoms with Crippen LogP contribution >= 0.6 is 11.8 Å². The largest absolute Gasteiger partial charge is 0.480 e. The highest BCUT2D eigenvalue weighted by molar-refractivity contribution is 7.98. The Bertz CT molecular complexity index is 336. The van der Waals surface area contributed by atoms with E-state index in [1.165, 1.54) is 89.2 Å². The number of unbranched alkanes of at least 4 members (excludes halogenated alkanes) is 14. The quantitative estimate of drug-likeness (QED) is 0.226. The Balaban J connectivity index is 0. The highest BCUT2D eigenvalue weighted by Gasteiger charge is 2.03. The summed E-state index contributed by atoms with van der Waals surface area (Å²) in [4.78, 5) is 21.6. The molecular weight excluding hydrogens is 370 g/mol. The van der Waals surface area contributed by atoms with Crippen molar-refractivity contribution in [2.45, 2.75) is 117 Å². The van der Waals surface area contributed by atoms with Gasteiger partial charge in [-0.3, -0.25) is 9.59 Å². The summed E-state index contributed by atoms with van der Waals surface area (Å²) in [5.41, 5.74) is 0. The van der Waals surface area contributed by atoms with Gasteiger partial charge in [-0.2, -0.15) is 11.8 Å². The monoisotopic (exact) mass is 417 g/mol. The van der Waals surface area contributed by atoms with Crippen molar-refractivity contribution in [2.75, 3.05) is 18.6 Å². The van der Waals surface area contributed by atoms with Crippen molar-refractivity contribution in [1.82, 2.24) is 5.32 Å². The van der Waals surface area contributed by atoms with Crippen molar-refractivity contribution >= 4 is 23.6 Å². The molecule has 0 aliphatic carbocycles. The number of hydrogen-bond donors (Lipinski definition) is 2. The lowest BCUT2D eigenvalue weighted by molar-refractivity contribution is -0.137. The average molecular weight is 418 g/mol. The van der Waals surface area contributed by atoms with Crippen molar-refractivity contribution in [3.8, 4) is 0 Å². The molecule has 0 spiro atoms. The highest BCUT2D eigenvalue weighted by Crippen LogP contribution is 2.13. The van der Waals surface area contributed by atoms with Crippen molar-refractivity contribution < 1.29 is 14.7 Å². The lowest BCUT2D eigenvalue weighted by Gasteiger charge is -2.04. The van der Waals surface area contributed by atoms with Crippen LogP contribution in [0.25, 0.3) is 0 Å². The average Bonchev–Trinajstić information content (AvgIpc) is 2.69. The van der Waals surface area contributed by atoms with Crippen LogP contribution in [-0.4, -0.2) is 35.5 Å². The summed E-state index contributed by atoms with van der Waals surface area (Å²) in [7, 11) is 0. The molecule has 5 heteroatoms. The predicted octanol–water partition coefficient (Wildman–Crippen LogP) is 6.82. The van der Waals surface area contributed by atoms with E-state index in [-0.39, 0.29) is 12.5 Å². The minimum Gasteiger partial charge on any atom is -0.480 e. The molecule has 4 nitrogen and oxygen atoms in total. The number of carbonyl (C=O) groups excluding carboxylic acids is 1. The summed E-state index contributed by atoms with van der Waals surface area (Å²) >= 11 is 1.86. The van der Waals surface area contributed by atoms with Crippen LogP contribution in [0, 0.1) is 0 Å². The first-order valence-corrected chi connectivity index (χ1v) is 12.9.